The maximum Gasteiger partial charge on any atom is 0.267 e. The van der Waals surface area contributed by atoms with E-state index in [0.717, 1.165) is 24.2 Å². The van der Waals surface area contributed by atoms with Gasteiger partial charge in [-0.3, -0.25) is 14.6 Å². The van der Waals surface area contributed by atoms with Gasteiger partial charge in [-0.05, 0) is 31.0 Å². The third-order valence-corrected chi connectivity index (χ3v) is 3.37. The van der Waals surface area contributed by atoms with Gasteiger partial charge < -0.3 is 5.32 Å². The summed E-state index contributed by atoms with van der Waals surface area (Å²) in [5.41, 5.74) is 1.41. The molecule has 1 aliphatic carbocycles. The highest BCUT2D eigenvalue weighted by Gasteiger charge is 2.25. The minimum Gasteiger partial charge on any atom is -0.349 e. The van der Waals surface area contributed by atoms with Crippen LogP contribution in [0.3, 0.4) is 0 Å². The lowest BCUT2D eigenvalue weighted by molar-refractivity contribution is -0.122. The van der Waals surface area contributed by atoms with Crippen molar-refractivity contribution < 1.29 is 4.79 Å². The highest BCUT2D eigenvalue weighted by Crippen LogP contribution is 2.38. The molecule has 1 N–H and O–H groups in total. The lowest BCUT2D eigenvalue weighted by Crippen LogP contribution is -2.33. The van der Waals surface area contributed by atoms with Gasteiger partial charge in [0.25, 0.3) is 5.56 Å². The quantitative estimate of drug-likeness (QED) is 0.882. The van der Waals surface area contributed by atoms with Crippen molar-refractivity contribution in [1.82, 2.24) is 20.1 Å². The fourth-order valence-corrected chi connectivity index (χ4v) is 2.06. The van der Waals surface area contributed by atoms with Crippen LogP contribution in [0.15, 0.2) is 41.3 Å². The second-order valence-corrected chi connectivity index (χ2v) is 5.13. The molecule has 6 heteroatoms. The molecule has 1 saturated carbocycles. The van der Waals surface area contributed by atoms with Crippen LogP contribution in [0.2, 0.25) is 0 Å². The van der Waals surface area contributed by atoms with Gasteiger partial charge in [-0.1, -0.05) is 6.07 Å². The molecule has 3 rings (SSSR count). The van der Waals surface area contributed by atoms with Crippen molar-refractivity contribution in [2.75, 3.05) is 0 Å². The van der Waals surface area contributed by atoms with Gasteiger partial charge in [-0.25, -0.2) is 4.68 Å². The van der Waals surface area contributed by atoms with E-state index in [9.17, 15) is 9.59 Å². The second kappa shape index (κ2) is 5.87. The summed E-state index contributed by atoms with van der Waals surface area (Å²) in [5.74, 6) is 0.205. The molecule has 2 aromatic heterocycles. The molecule has 0 bridgehead atoms. The summed E-state index contributed by atoms with van der Waals surface area (Å²) in [7, 11) is 0. The maximum atomic E-state index is 11.9. The molecular weight excluding hydrogens is 268 g/mol. The lowest BCUT2D eigenvalue weighted by Gasteiger charge is -2.07. The number of nitrogens with one attached hydrogen (secondary N) is 1. The largest absolute Gasteiger partial charge is 0.349 e. The number of nitrogens with zero attached hydrogens (tertiary/aromatic N) is 3. The Morgan fingerprint density at radius 2 is 2.14 bits per heavy atom. The topological polar surface area (TPSA) is 76.9 Å². The van der Waals surface area contributed by atoms with Crippen molar-refractivity contribution in [1.29, 1.82) is 0 Å². The smallest absolute Gasteiger partial charge is 0.267 e. The molecular formula is C15H16N4O2. The fraction of sp³-hybridized carbons (Fsp3) is 0.333. The van der Waals surface area contributed by atoms with Crippen molar-refractivity contribution >= 4 is 5.91 Å². The van der Waals surface area contributed by atoms with Gasteiger partial charge in [0.2, 0.25) is 5.91 Å². The Morgan fingerprint density at radius 1 is 1.29 bits per heavy atom. The summed E-state index contributed by atoms with van der Waals surface area (Å²) in [6, 6.07) is 8.74. The van der Waals surface area contributed by atoms with Crippen molar-refractivity contribution in [2.24, 2.45) is 0 Å². The van der Waals surface area contributed by atoms with Crippen molar-refractivity contribution in [3.8, 4) is 0 Å². The summed E-state index contributed by atoms with van der Waals surface area (Å²) in [5, 5.41) is 6.99. The molecule has 0 radical (unpaired) electrons. The molecule has 2 aromatic rings. The molecule has 0 saturated heterocycles. The number of hydrogen-bond acceptors (Lipinski definition) is 4. The second-order valence-electron chi connectivity index (χ2n) is 5.13. The monoisotopic (exact) mass is 284 g/mol. The van der Waals surface area contributed by atoms with Crippen LogP contribution < -0.4 is 10.9 Å². The summed E-state index contributed by atoms with van der Waals surface area (Å²) in [4.78, 5) is 27.8. The van der Waals surface area contributed by atoms with E-state index in [0.29, 0.717) is 12.5 Å². The molecule has 0 aliphatic heterocycles. The van der Waals surface area contributed by atoms with Crippen LogP contribution in [0, 0.1) is 0 Å². The average molecular weight is 284 g/mol. The van der Waals surface area contributed by atoms with Gasteiger partial charge in [0.1, 0.15) is 6.54 Å². The molecule has 1 fully saturated rings. The Balaban J connectivity index is 1.62. The predicted molar refractivity (Wildman–Crippen MR) is 76.6 cm³/mol. The average Bonchev–Trinajstić information content (AvgIpc) is 3.33. The van der Waals surface area contributed by atoms with Crippen LogP contribution in [0.4, 0.5) is 0 Å². The van der Waals surface area contributed by atoms with E-state index >= 15 is 0 Å². The van der Waals surface area contributed by atoms with Crippen LogP contribution in [0.25, 0.3) is 0 Å². The minimum absolute atomic E-state index is 0.0633. The molecule has 1 aliphatic rings. The summed E-state index contributed by atoms with van der Waals surface area (Å²) in [6.45, 7) is 0.281. The molecule has 0 unspecified atom stereocenters. The number of carbonyl (C=O) groups excluding carboxylic acids is 1. The third-order valence-electron chi connectivity index (χ3n) is 3.37. The number of rotatable bonds is 5. The molecule has 0 atom stereocenters. The van der Waals surface area contributed by atoms with Crippen LogP contribution in [-0.2, 0) is 17.9 Å². The predicted octanol–water partition coefficient (Wildman–Crippen LogP) is 0.832. The van der Waals surface area contributed by atoms with Gasteiger partial charge in [-0.2, -0.15) is 5.10 Å². The molecule has 2 heterocycles. The lowest BCUT2D eigenvalue weighted by atomic mass is 10.3. The Bertz CT molecular complexity index is 692. The Hall–Kier alpha value is -2.50. The van der Waals surface area contributed by atoms with Gasteiger partial charge in [0.05, 0.1) is 17.9 Å². The number of hydrogen-bond donors (Lipinski definition) is 1. The van der Waals surface area contributed by atoms with Crippen LogP contribution in [0.5, 0.6) is 0 Å². The zero-order valence-corrected chi connectivity index (χ0v) is 11.5. The number of pyridine rings is 1. The van der Waals surface area contributed by atoms with Gasteiger partial charge in [0, 0.05) is 18.2 Å². The molecule has 21 heavy (non-hydrogen) atoms. The SMILES string of the molecule is O=C(Cn1nc(C2CC2)ccc1=O)NCc1ccccn1. The van der Waals surface area contributed by atoms with Crippen LogP contribution >= 0.6 is 0 Å². The number of aromatic nitrogens is 3. The van der Waals surface area contributed by atoms with E-state index in [1.165, 1.54) is 10.7 Å². The summed E-state index contributed by atoms with van der Waals surface area (Å²) < 4.78 is 1.22. The first-order valence-electron chi connectivity index (χ1n) is 6.97. The Kier molecular flexibility index (Phi) is 3.77. The van der Waals surface area contributed by atoms with E-state index in [4.69, 9.17) is 0 Å². The first-order valence-corrected chi connectivity index (χ1v) is 6.97. The van der Waals surface area contributed by atoms with E-state index < -0.39 is 0 Å². The molecule has 0 spiro atoms. The summed E-state index contributed by atoms with van der Waals surface area (Å²) >= 11 is 0. The van der Waals surface area contributed by atoms with Gasteiger partial charge in [-0.15, -0.1) is 0 Å². The zero-order chi connectivity index (χ0) is 14.7. The normalized spacial score (nSPS) is 13.9. The molecule has 6 nitrogen and oxygen atoms in total. The highest BCUT2D eigenvalue weighted by atomic mass is 16.2. The van der Waals surface area contributed by atoms with Gasteiger partial charge in [0.15, 0.2) is 0 Å². The van der Waals surface area contributed by atoms with Crippen molar-refractivity contribution in [3.63, 3.8) is 0 Å². The number of amides is 1. The third kappa shape index (κ3) is 3.53. The van der Waals surface area contributed by atoms with E-state index in [1.54, 1.807) is 12.3 Å². The van der Waals surface area contributed by atoms with E-state index in [2.05, 4.69) is 15.4 Å². The van der Waals surface area contributed by atoms with Crippen LogP contribution in [0.1, 0.15) is 30.1 Å². The minimum atomic E-state index is -0.257. The summed E-state index contributed by atoms with van der Waals surface area (Å²) in [6.07, 6.45) is 3.89. The molecule has 108 valence electrons. The first-order chi connectivity index (χ1) is 10.2. The van der Waals surface area contributed by atoms with Crippen LogP contribution in [-0.4, -0.2) is 20.7 Å². The molecule has 0 aromatic carbocycles. The first kappa shape index (κ1) is 13.5. The maximum absolute atomic E-state index is 11.9. The fourth-order valence-electron chi connectivity index (χ4n) is 2.06. The highest BCUT2D eigenvalue weighted by molar-refractivity contribution is 5.75. The molecule has 1 amide bonds. The standard InChI is InChI=1S/C15H16N4O2/c20-14(17-9-12-3-1-2-8-16-12)10-19-15(21)7-6-13(18-19)11-4-5-11/h1-3,6-8,11H,4-5,9-10H2,(H,17,20). The van der Waals surface area contributed by atoms with E-state index in [1.807, 2.05) is 18.2 Å². The zero-order valence-electron chi connectivity index (χ0n) is 11.5. The Labute approximate surface area is 121 Å². The Morgan fingerprint density at radius 3 is 2.86 bits per heavy atom. The van der Waals surface area contributed by atoms with E-state index in [-0.39, 0.29) is 18.0 Å². The number of carbonyl (C=O) groups is 1. The van der Waals surface area contributed by atoms with Crippen molar-refractivity contribution in [3.05, 3.63) is 58.3 Å². The van der Waals surface area contributed by atoms with Gasteiger partial charge >= 0.3 is 0 Å². The van der Waals surface area contributed by atoms with Crippen molar-refractivity contribution in [2.45, 2.75) is 31.8 Å².